The molecule has 31 heavy (non-hydrogen) atoms. The van der Waals surface area contributed by atoms with Gasteiger partial charge in [0.15, 0.2) is 0 Å². The van der Waals surface area contributed by atoms with E-state index in [1.807, 2.05) is 43.9 Å². The summed E-state index contributed by atoms with van der Waals surface area (Å²) in [4.78, 5) is 23.5. The smallest absolute Gasteiger partial charge is 0.258 e. The minimum Gasteiger partial charge on any atom is -0.474 e. The number of nitrogens with zero attached hydrogens (tertiary/aromatic N) is 4. The number of ether oxygens (including phenoxy) is 1. The van der Waals surface area contributed by atoms with Crippen LogP contribution in [0.15, 0.2) is 35.0 Å². The molecule has 1 saturated heterocycles. The monoisotopic (exact) mass is 438 g/mol. The summed E-state index contributed by atoms with van der Waals surface area (Å²) in [7, 11) is 0. The number of fused-ring (bicyclic) bond motifs is 2. The fourth-order valence-electron chi connectivity index (χ4n) is 4.53. The highest BCUT2D eigenvalue weighted by Crippen LogP contribution is 2.43. The Hall–Kier alpha value is -2.93. The standard InChI is InChI=1S/C23H23ClN4O3/c1-12(2)30-22-18(24)10-15(11-25-22)20-26-21(31-27-20)17-5-4-6-19(13(17)3)28-16-8-7-14(9-16)23(28)29/h4-6,10-12,14,16H,7-9H2,1-3H3/t14-,16+/m1/s1. The van der Waals surface area contributed by atoms with Crippen LogP contribution in [0.4, 0.5) is 5.69 Å². The van der Waals surface area contributed by atoms with Crippen LogP contribution in [-0.4, -0.2) is 33.2 Å². The van der Waals surface area contributed by atoms with Crippen LogP contribution in [0.25, 0.3) is 22.8 Å². The summed E-state index contributed by atoms with van der Waals surface area (Å²) in [6, 6.07) is 7.86. The van der Waals surface area contributed by atoms with Gasteiger partial charge in [-0.25, -0.2) is 4.98 Å². The zero-order valence-electron chi connectivity index (χ0n) is 17.6. The number of hydrogen-bond donors (Lipinski definition) is 0. The molecule has 0 spiro atoms. The van der Waals surface area contributed by atoms with Gasteiger partial charge in [-0.05, 0) is 63.8 Å². The van der Waals surface area contributed by atoms with E-state index in [0.29, 0.717) is 34.2 Å². The average molecular weight is 439 g/mol. The molecule has 1 aliphatic heterocycles. The maximum atomic E-state index is 12.7. The van der Waals surface area contributed by atoms with Gasteiger partial charge in [-0.3, -0.25) is 4.79 Å². The fraction of sp³-hybridized carbons (Fsp3) is 0.391. The molecule has 3 heterocycles. The van der Waals surface area contributed by atoms with Crippen molar-refractivity contribution in [2.75, 3.05) is 4.90 Å². The molecule has 0 radical (unpaired) electrons. The zero-order chi connectivity index (χ0) is 21.7. The lowest BCUT2D eigenvalue weighted by Crippen LogP contribution is -2.37. The van der Waals surface area contributed by atoms with Crippen molar-refractivity contribution in [2.24, 2.45) is 5.92 Å². The molecule has 3 aromatic rings. The first-order chi connectivity index (χ1) is 14.9. The molecular weight excluding hydrogens is 416 g/mol. The second-order valence-electron chi connectivity index (χ2n) is 8.42. The maximum absolute atomic E-state index is 12.7. The fourth-order valence-corrected chi connectivity index (χ4v) is 4.74. The normalized spacial score (nSPS) is 20.2. The number of amides is 1. The molecule has 2 aliphatic rings. The van der Waals surface area contributed by atoms with Crippen molar-refractivity contribution in [3.8, 4) is 28.7 Å². The Kier molecular flexibility index (Phi) is 4.93. The van der Waals surface area contributed by atoms with Crippen molar-refractivity contribution >= 4 is 23.2 Å². The Balaban J connectivity index is 1.45. The molecule has 5 rings (SSSR count). The minimum atomic E-state index is -0.0272. The number of carbonyl (C=O) groups excluding carboxylic acids is 1. The van der Waals surface area contributed by atoms with Crippen LogP contribution < -0.4 is 9.64 Å². The van der Waals surface area contributed by atoms with Gasteiger partial charge in [-0.15, -0.1) is 0 Å². The van der Waals surface area contributed by atoms with Gasteiger partial charge in [0.1, 0.15) is 5.02 Å². The Morgan fingerprint density at radius 2 is 2.13 bits per heavy atom. The van der Waals surface area contributed by atoms with E-state index in [1.54, 1.807) is 12.3 Å². The second-order valence-corrected chi connectivity index (χ2v) is 8.83. The molecule has 1 amide bonds. The van der Waals surface area contributed by atoms with E-state index in [4.69, 9.17) is 20.9 Å². The van der Waals surface area contributed by atoms with Crippen molar-refractivity contribution in [2.45, 2.75) is 52.2 Å². The zero-order valence-corrected chi connectivity index (χ0v) is 18.4. The quantitative estimate of drug-likeness (QED) is 0.553. The molecule has 2 bridgehead atoms. The summed E-state index contributed by atoms with van der Waals surface area (Å²) in [5, 5.41) is 4.50. The number of pyridine rings is 1. The van der Waals surface area contributed by atoms with Crippen molar-refractivity contribution < 1.29 is 14.1 Å². The molecule has 1 aliphatic carbocycles. The van der Waals surface area contributed by atoms with E-state index >= 15 is 0 Å². The Bertz CT molecular complexity index is 1160. The SMILES string of the molecule is Cc1c(-c2nc(-c3cnc(OC(C)C)c(Cl)c3)no2)cccc1N1C(=O)[C@@H]2CC[C@H]1C2. The van der Waals surface area contributed by atoms with E-state index in [-0.39, 0.29) is 17.9 Å². The van der Waals surface area contributed by atoms with Crippen molar-refractivity contribution in [3.63, 3.8) is 0 Å². The molecule has 2 aromatic heterocycles. The molecule has 7 nitrogen and oxygen atoms in total. The molecule has 2 atom stereocenters. The topological polar surface area (TPSA) is 81.3 Å². The first kappa shape index (κ1) is 20.0. The number of anilines is 1. The molecule has 160 valence electrons. The van der Waals surface area contributed by atoms with E-state index in [0.717, 1.165) is 36.1 Å². The Labute approximate surface area is 185 Å². The summed E-state index contributed by atoms with van der Waals surface area (Å²) < 4.78 is 11.1. The molecule has 0 unspecified atom stereocenters. The van der Waals surface area contributed by atoms with Crippen LogP contribution in [0.5, 0.6) is 5.88 Å². The van der Waals surface area contributed by atoms with Crippen molar-refractivity contribution in [1.82, 2.24) is 15.1 Å². The van der Waals surface area contributed by atoms with Gasteiger partial charge in [-0.2, -0.15) is 4.98 Å². The van der Waals surface area contributed by atoms with Crippen molar-refractivity contribution in [3.05, 3.63) is 41.0 Å². The van der Waals surface area contributed by atoms with Gasteiger partial charge in [0.05, 0.1) is 6.10 Å². The van der Waals surface area contributed by atoms with E-state index in [9.17, 15) is 4.79 Å². The first-order valence-electron chi connectivity index (χ1n) is 10.5. The average Bonchev–Trinajstić information content (AvgIpc) is 3.46. The molecule has 2 fully saturated rings. The van der Waals surface area contributed by atoms with E-state index in [1.165, 1.54) is 0 Å². The summed E-state index contributed by atoms with van der Waals surface area (Å²) >= 11 is 6.30. The molecule has 1 saturated carbocycles. The number of benzene rings is 1. The highest BCUT2D eigenvalue weighted by atomic mass is 35.5. The number of hydrogen-bond acceptors (Lipinski definition) is 6. The van der Waals surface area contributed by atoms with Crippen LogP contribution in [0.1, 0.15) is 38.7 Å². The predicted molar refractivity (Wildman–Crippen MR) is 117 cm³/mol. The number of carbonyl (C=O) groups is 1. The number of piperidine rings is 1. The van der Waals surface area contributed by atoms with Gasteiger partial charge in [-0.1, -0.05) is 22.8 Å². The predicted octanol–water partition coefficient (Wildman–Crippen LogP) is 5.06. The molecule has 1 aromatic carbocycles. The van der Waals surface area contributed by atoms with E-state index in [2.05, 4.69) is 15.1 Å². The highest BCUT2D eigenvalue weighted by molar-refractivity contribution is 6.32. The maximum Gasteiger partial charge on any atom is 0.258 e. The summed E-state index contributed by atoms with van der Waals surface area (Å²) in [5.41, 5.74) is 3.33. The van der Waals surface area contributed by atoms with Crippen LogP contribution in [-0.2, 0) is 4.79 Å². The first-order valence-corrected chi connectivity index (χ1v) is 10.9. The highest BCUT2D eigenvalue weighted by Gasteiger charge is 2.45. The van der Waals surface area contributed by atoms with Gasteiger partial charge in [0.2, 0.25) is 17.6 Å². The summed E-state index contributed by atoms with van der Waals surface area (Å²) in [6.45, 7) is 5.81. The van der Waals surface area contributed by atoms with E-state index < -0.39 is 0 Å². The van der Waals surface area contributed by atoms with Gasteiger partial charge >= 0.3 is 0 Å². The van der Waals surface area contributed by atoms with Gasteiger partial charge in [0.25, 0.3) is 5.89 Å². The minimum absolute atomic E-state index is 0.0272. The van der Waals surface area contributed by atoms with Gasteiger partial charge < -0.3 is 14.2 Å². The second kappa shape index (κ2) is 7.64. The Morgan fingerprint density at radius 1 is 1.29 bits per heavy atom. The van der Waals surface area contributed by atoms with Crippen LogP contribution in [0, 0.1) is 12.8 Å². The summed E-state index contributed by atoms with van der Waals surface area (Å²) in [6.07, 6.45) is 4.61. The third-order valence-corrected chi connectivity index (χ3v) is 6.26. The van der Waals surface area contributed by atoms with Crippen LogP contribution >= 0.6 is 11.6 Å². The lowest BCUT2D eigenvalue weighted by atomic mass is 10.0. The number of halogens is 1. The van der Waals surface area contributed by atoms with Crippen molar-refractivity contribution in [1.29, 1.82) is 0 Å². The van der Waals surface area contributed by atoms with Gasteiger partial charge in [0, 0.05) is 35.0 Å². The number of aromatic nitrogens is 3. The lowest BCUT2D eigenvalue weighted by Gasteiger charge is -2.29. The number of rotatable bonds is 5. The molecule has 8 heteroatoms. The third kappa shape index (κ3) is 3.47. The third-order valence-electron chi connectivity index (χ3n) is 5.99. The Morgan fingerprint density at radius 3 is 2.84 bits per heavy atom. The lowest BCUT2D eigenvalue weighted by molar-refractivity contribution is -0.121. The largest absolute Gasteiger partial charge is 0.474 e. The van der Waals surface area contributed by atoms with Crippen LogP contribution in [0.2, 0.25) is 5.02 Å². The summed E-state index contributed by atoms with van der Waals surface area (Å²) in [5.74, 6) is 1.55. The molecular formula is C23H23ClN4O3. The molecule has 0 N–H and O–H groups in total. The van der Waals surface area contributed by atoms with Crippen LogP contribution in [0.3, 0.4) is 0 Å².